The molecule has 5 heteroatoms. The summed E-state index contributed by atoms with van der Waals surface area (Å²) in [5.74, 6) is 0.735. The van der Waals surface area contributed by atoms with Crippen molar-refractivity contribution in [3.63, 3.8) is 0 Å². The quantitative estimate of drug-likeness (QED) is 0.623. The van der Waals surface area contributed by atoms with Gasteiger partial charge in [-0.2, -0.15) is 0 Å². The normalized spacial score (nSPS) is 12.4. The summed E-state index contributed by atoms with van der Waals surface area (Å²) < 4.78 is 15.4. The summed E-state index contributed by atoms with van der Waals surface area (Å²) in [5, 5.41) is 3.31. The Hall–Kier alpha value is -0.360. The zero-order valence-corrected chi connectivity index (χ0v) is 15.6. The largest absolute Gasteiger partial charge is 0.316 e. The van der Waals surface area contributed by atoms with Crippen LogP contribution >= 0.6 is 43.6 Å². The number of benzene rings is 2. The van der Waals surface area contributed by atoms with E-state index in [9.17, 15) is 4.39 Å². The molecule has 0 aliphatic rings. The van der Waals surface area contributed by atoms with E-state index in [4.69, 9.17) is 0 Å². The molecular weight excluding hydrogens is 417 g/mol. The van der Waals surface area contributed by atoms with E-state index >= 15 is 0 Å². The molecule has 21 heavy (non-hydrogen) atoms. The van der Waals surface area contributed by atoms with Gasteiger partial charge >= 0.3 is 0 Å². The van der Waals surface area contributed by atoms with Crippen molar-refractivity contribution in [3.05, 3.63) is 62.8 Å². The number of likely N-dealkylation sites (N-methyl/N-ethyl adjacent to an activating group) is 1. The summed E-state index contributed by atoms with van der Waals surface area (Å²) in [6.45, 7) is 0. The molecule has 0 heterocycles. The molecule has 0 radical (unpaired) electrons. The second-order valence-corrected chi connectivity index (χ2v) is 7.56. The van der Waals surface area contributed by atoms with Crippen molar-refractivity contribution < 1.29 is 4.39 Å². The van der Waals surface area contributed by atoms with Crippen LogP contribution in [0.3, 0.4) is 0 Å². The predicted molar refractivity (Wildman–Crippen MR) is 95.5 cm³/mol. The maximum atomic E-state index is 13.3. The van der Waals surface area contributed by atoms with Crippen molar-refractivity contribution in [2.24, 2.45) is 0 Å². The Morgan fingerprint density at radius 1 is 1.19 bits per heavy atom. The van der Waals surface area contributed by atoms with Gasteiger partial charge in [-0.3, -0.25) is 0 Å². The van der Waals surface area contributed by atoms with E-state index in [2.05, 4.69) is 49.3 Å². The van der Waals surface area contributed by atoms with Crippen LogP contribution in [-0.2, 0) is 6.42 Å². The monoisotopic (exact) mass is 431 g/mol. The van der Waals surface area contributed by atoms with Gasteiger partial charge in [-0.1, -0.05) is 37.9 Å². The number of nitrogens with one attached hydrogen (secondary N) is 1. The van der Waals surface area contributed by atoms with Gasteiger partial charge in [0.25, 0.3) is 0 Å². The Balaban J connectivity index is 1.98. The number of hydrogen-bond acceptors (Lipinski definition) is 2. The number of rotatable bonds is 6. The highest BCUT2D eigenvalue weighted by Crippen LogP contribution is 2.25. The molecule has 1 atom stereocenters. The molecule has 1 N–H and O–H groups in total. The Morgan fingerprint density at radius 3 is 2.71 bits per heavy atom. The molecule has 0 amide bonds. The fourth-order valence-corrected chi connectivity index (χ4v) is 3.99. The first-order chi connectivity index (χ1) is 10.1. The van der Waals surface area contributed by atoms with Gasteiger partial charge in [-0.25, -0.2) is 4.39 Å². The van der Waals surface area contributed by atoms with E-state index in [1.54, 1.807) is 23.9 Å². The zero-order chi connectivity index (χ0) is 15.2. The standard InChI is InChI=1S/C16H16Br2FNS/c1-20-14(8-11-7-13(19)5-6-16(11)18)10-21-15-4-2-3-12(17)9-15/h2-7,9,14,20H,8,10H2,1H3. The molecular formula is C16H16Br2FNS. The lowest BCUT2D eigenvalue weighted by atomic mass is 10.1. The van der Waals surface area contributed by atoms with E-state index in [0.29, 0.717) is 0 Å². The van der Waals surface area contributed by atoms with Gasteiger partial charge in [0.05, 0.1) is 0 Å². The molecule has 2 aromatic carbocycles. The second-order valence-electron chi connectivity index (χ2n) is 4.69. The highest BCUT2D eigenvalue weighted by Gasteiger charge is 2.11. The van der Waals surface area contributed by atoms with E-state index in [1.165, 1.54) is 11.0 Å². The van der Waals surface area contributed by atoms with Gasteiger partial charge in [0.15, 0.2) is 0 Å². The van der Waals surface area contributed by atoms with Crippen LogP contribution in [0, 0.1) is 5.82 Å². The summed E-state index contributed by atoms with van der Waals surface area (Å²) >= 11 is 8.76. The molecule has 0 fully saturated rings. The second kappa shape index (κ2) is 8.32. The van der Waals surface area contributed by atoms with E-state index in [-0.39, 0.29) is 11.9 Å². The number of hydrogen-bond donors (Lipinski definition) is 1. The van der Waals surface area contributed by atoms with Crippen LogP contribution in [0.5, 0.6) is 0 Å². The maximum absolute atomic E-state index is 13.3. The topological polar surface area (TPSA) is 12.0 Å². The van der Waals surface area contributed by atoms with Gasteiger partial charge in [0.2, 0.25) is 0 Å². The number of thioether (sulfide) groups is 1. The van der Waals surface area contributed by atoms with Crippen LogP contribution in [0.4, 0.5) is 4.39 Å². The summed E-state index contributed by atoms with van der Waals surface area (Å²) in [5.41, 5.74) is 0.990. The van der Waals surface area contributed by atoms with Crippen LogP contribution < -0.4 is 5.32 Å². The van der Waals surface area contributed by atoms with E-state index < -0.39 is 0 Å². The van der Waals surface area contributed by atoms with E-state index in [0.717, 1.165) is 26.7 Å². The molecule has 0 spiro atoms. The van der Waals surface area contributed by atoms with Crippen molar-refractivity contribution in [2.75, 3.05) is 12.8 Å². The average Bonchev–Trinajstić information content (AvgIpc) is 2.47. The lowest BCUT2D eigenvalue weighted by molar-refractivity contribution is 0.601. The minimum Gasteiger partial charge on any atom is -0.316 e. The maximum Gasteiger partial charge on any atom is 0.123 e. The van der Waals surface area contributed by atoms with Gasteiger partial charge in [-0.05, 0) is 55.4 Å². The zero-order valence-electron chi connectivity index (χ0n) is 11.6. The van der Waals surface area contributed by atoms with Crippen LogP contribution in [0.25, 0.3) is 0 Å². The highest BCUT2D eigenvalue weighted by atomic mass is 79.9. The van der Waals surface area contributed by atoms with Crippen molar-refractivity contribution in [1.29, 1.82) is 0 Å². The van der Waals surface area contributed by atoms with Gasteiger partial charge in [-0.15, -0.1) is 11.8 Å². The highest BCUT2D eigenvalue weighted by molar-refractivity contribution is 9.10. The molecule has 2 rings (SSSR count). The molecule has 1 nitrogen and oxygen atoms in total. The summed E-state index contributed by atoms with van der Waals surface area (Å²) in [6.07, 6.45) is 0.788. The predicted octanol–water partition coefficient (Wildman–Crippen LogP) is 5.27. The molecule has 0 saturated heterocycles. The van der Waals surface area contributed by atoms with Crippen LogP contribution in [0.15, 0.2) is 56.3 Å². The molecule has 0 aliphatic carbocycles. The first-order valence-electron chi connectivity index (χ1n) is 6.58. The Kier molecular flexibility index (Phi) is 6.74. The van der Waals surface area contributed by atoms with Crippen molar-refractivity contribution >= 4 is 43.6 Å². The van der Waals surface area contributed by atoms with Gasteiger partial charge in [0.1, 0.15) is 5.82 Å². The third-order valence-corrected chi connectivity index (χ3v) is 5.55. The fraction of sp³-hybridized carbons (Fsp3) is 0.250. The summed E-state index contributed by atoms with van der Waals surface area (Å²) in [6, 6.07) is 13.4. The molecule has 2 aromatic rings. The fourth-order valence-electron chi connectivity index (χ4n) is 1.96. The SMILES string of the molecule is CNC(CSc1cccc(Br)c1)Cc1cc(F)ccc1Br. The van der Waals surface area contributed by atoms with Crippen molar-refractivity contribution in [2.45, 2.75) is 17.4 Å². The lowest BCUT2D eigenvalue weighted by Crippen LogP contribution is -2.30. The van der Waals surface area contributed by atoms with Crippen LogP contribution in [0.2, 0.25) is 0 Å². The third-order valence-electron chi connectivity index (χ3n) is 3.13. The van der Waals surface area contributed by atoms with Crippen molar-refractivity contribution in [3.8, 4) is 0 Å². The van der Waals surface area contributed by atoms with Crippen molar-refractivity contribution in [1.82, 2.24) is 5.32 Å². The molecule has 112 valence electrons. The van der Waals surface area contributed by atoms with E-state index in [1.807, 2.05) is 19.2 Å². The summed E-state index contributed by atoms with van der Waals surface area (Å²) in [7, 11) is 1.94. The molecule has 0 aromatic heterocycles. The lowest BCUT2D eigenvalue weighted by Gasteiger charge is -2.17. The molecule has 0 saturated carbocycles. The van der Waals surface area contributed by atoms with Gasteiger partial charge < -0.3 is 5.32 Å². The molecule has 0 bridgehead atoms. The Bertz CT molecular complexity index is 607. The third kappa shape index (κ3) is 5.40. The average molecular weight is 433 g/mol. The smallest absolute Gasteiger partial charge is 0.123 e. The van der Waals surface area contributed by atoms with Crippen LogP contribution in [0.1, 0.15) is 5.56 Å². The number of halogens is 3. The van der Waals surface area contributed by atoms with Gasteiger partial charge in [0, 0.05) is 25.6 Å². The van der Waals surface area contributed by atoms with Crippen LogP contribution in [-0.4, -0.2) is 18.8 Å². The minimum atomic E-state index is -0.192. The Labute approximate surface area is 146 Å². The summed E-state index contributed by atoms with van der Waals surface area (Å²) in [4.78, 5) is 1.22. The molecule has 1 unspecified atom stereocenters. The first kappa shape index (κ1) is 17.0. The first-order valence-corrected chi connectivity index (χ1v) is 9.15. The molecule has 0 aliphatic heterocycles. The minimum absolute atomic E-state index is 0.192. The Morgan fingerprint density at radius 2 is 2.00 bits per heavy atom.